The molecule has 1 heterocycles. The Kier molecular flexibility index (Phi) is 6.93. The highest BCUT2D eigenvalue weighted by atomic mass is 16.3. The number of rotatable bonds is 5. The number of benzene rings is 9. The Labute approximate surface area is 338 Å². The molecule has 2 nitrogen and oxygen atoms in total. The van der Waals surface area contributed by atoms with Crippen LogP contribution in [-0.2, 0) is 10.8 Å². The standard InChI is InChI=1S/C56H39NO/c1-55(2)46-26-12-10-24-45(46)52-50(35-36-17-6-7-20-40(36)53(52)55)57(49-29-16-25-44-43-23-11-15-30-51(43)58-54(44)49)39-33-31-38(32-34-39)56(37-18-4-3-5-19-37)47-27-13-8-21-41(47)42-22-9-14-28-48(42)56/h3-35H,1-2H3. The molecule has 0 aliphatic heterocycles. The van der Waals surface area contributed by atoms with Crippen LogP contribution in [0.1, 0.15) is 47.2 Å². The lowest BCUT2D eigenvalue weighted by atomic mass is 9.68. The molecule has 0 atom stereocenters. The molecule has 2 aliphatic carbocycles. The summed E-state index contributed by atoms with van der Waals surface area (Å²) >= 11 is 0. The molecule has 0 spiro atoms. The van der Waals surface area contributed by atoms with Crippen LogP contribution < -0.4 is 4.90 Å². The van der Waals surface area contributed by atoms with E-state index in [1.165, 1.54) is 66.4 Å². The number of fused-ring (bicyclic) bond motifs is 11. The molecule has 12 rings (SSSR count). The zero-order valence-corrected chi connectivity index (χ0v) is 32.4. The van der Waals surface area contributed by atoms with Crippen LogP contribution >= 0.6 is 0 Å². The lowest BCUT2D eigenvalue weighted by molar-refractivity contribution is 0.666. The first-order chi connectivity index (χ1) is 28.5. The second-order valence-corrected chi connectivity index (χ2v) is 16.4. The smallest absolute Gasteiger partial charge is 0.159 e. The highest BCUT2D eigenvalue weighted by Gasteiger charge is 2.46. The predicted molar refractivity (Wildman–Crippen MR) is 241 cm³/mol. The van der Waals surface area contributed by atoms with Crippen LogP contribution in [0.3, 0.4) is 0 Å². The van der Waals surface area contributed by atoms with Gasteiger partial charge in [-0.1, -0.05) is 184 Å². The van der Waals surface area contributed by atoms with Gasteiger partial charge >= 0.3 is 0 Å². The van der Waals surface area contributed by atoms with Gasteiger partial charge in [-0.15, -0.1) is 0 Å². The molecule has 0 amide bonds. The number of hydrogen-bond donors (Lipinski definition) is 0. The molecule has 0 unspecified atom stereocenters. The molecule has 58 heavy (non-hydrogen) atoms. The molecule has 2 heteroatoms. The van der Waals surface area contributed by atoms with E-state index in [9.17, 15) is 0 Å². The highest BCUT2D eigenvalue weighted by molar-refractivity contribution is 6.12. The van der Waals surface area contributed by atoms with Gasteiger partial charge in [0.2, 0.25) is 0 Å². The van der Waals surface area contributed by atoms with Crippen molar-refractivity contribution in [2.75, 3.05) is 4.90 Å². The molecule has 0 N–H and O–H groups in total. The third-order valence-corrected chi connectivity index (χ3v) is 13.1. The number of furan rings is 1. The average Bonchev–Trinajstić information content (AvgIpc) is 3.89. The summed E-state index contributed by atoms with van der Waals surface area (Å²) in [5.74, 6) is 0. The third kappa shape index (κ3) is 4.38. The van der Waals surface area contributed by atoms with Gasteiger partial charge in [0.1, 0.15) is 5.58 Å². The molecule has 10 aromatic rings. The van der Waals surface area contributed by atoms with Gasteiger partial charge in [-0.25, -0.2) is 0 Å². The largest absolute Gasteiger partial charge is 0.454 e. The zero-order valence-electron chi connectivity index (χ0n) is 32.4. The topological polar surface area (TPSA) is 16.4 Å². The second-order valence-electron chi connectivity index (χ2n) is 16.4. The summed E-state index contributed by atoms with van der Waals surface area (Å²) in [5.41, 5.74) is 17.3. The Bertz CT molecular complexity index is 3210. The van der Waals surface area contributed by atoms with Crippen molar-refractivity contribution in [3.63, 3.8) is 0 Å². The summed E-state index contributed by atoms with van der Waals surface area (Å²) in [6, 6.07) is 73.6. The summed E-state index contributed by atoms with van der Waals surface area (Å²) < 4.78 is 6.84. The number of anilines is 3. The molecule has 0 saturated heterocycles. The normalized spacial score (nSPS) is 14.3. The van der Waals surface area contributed by atoms with Crippen LogP contribution in [0.25, 0.3) is 55.0 Å². The minimum atomic E-state index is -0.482. The number of nitrogens with zero attached hydrogens (tertiary/aromatic N) is 1. The van der Waals surface area contributed by atoms with E-state index in [1.54, 1.807) is 0 Å². The molecule has 0 saturated carbocycles. The summed E-state index contributed by atoms with van der Waals surface area (Å²) in [4.78, 5) is 2.46. The number of para-hydroxylation sites is 2. The summed E-state index contributed by atoms with van der Waals surface area (Å²) in [7, 11) is 0. The lowest BCUT2D eigenvalue weighted by Gasteiger charge is -2.35. The average molecular weight is 742 g/mol. The first-order valence-corrected chi connectivity index (χ1v) is 20.3. The second kappa shape index (κ2) is 12.2. The van der Waals surface area contributed by atoms with E-state index in [4.69, 9.17) is 4.42 Å². The summed E-state index contributed by atoms with van der Waals surface area (Å²) in [5, 5.41) is 4.74. The van der Waals surface area contributed by atoms with Gasteiger partial charge in [0.25, 0.3) is 0 Å². The van der Waals surface area contributed by atoms with Crippen molar-refractivity contribution in [3.8, 4) is 22.3 Å². The van der Waals surface area contributed by atoms with Gasteiger partial charge in [-0.3, -0.25) is 0 Å². The molecule has 0 bridgehead atoms. The van der Waals surface area contributed by atoms with Crippen LogP contribution in [0, 0.1) is 0 Å². The Balaban J connectivity index is 1.16. The maximum atomic E-state index is 6.84. The van der Waals surface area contributed by atoms with Crippen molar-refractivity contribution in [2.45, 2.75) is 24.7 Å². The molecular weight excluding hydrogens is 703 g/mol. The SMILES string of the molecule is CC1(C)c2ccccc2-c2c(N(c3ccc(C4(c5ccccc5)c5ccccc5-c5ccccc54)cc3)c3cccc4c3oc3ccccc34)cc3ccccc3c21. The van der Waals surface area contributed by atoms with Crippen molar-refractivity contribution in [3.05, 3.63) is 234 Å². The monoisotopic (exact) mass is 741 g/mol. The Morgan fingerprint density at radius 2 is 1.00 bits per heavy atom. The third-order valence-electron chi connectivity index (χ3n) is 13.1. The van der Waals surface area contributed by atoms with Gasteiger partial charge in [0.05, 0.1) is 16.8 Å². The van der Waals surface area contributed by atoms with E-state index >= 15 is 0 Å². The van der Waals surface area contributed by atoms with Crippen LogP contribution in [-0.4, -0.2) is 0 Å². The van der Waals surface area contributed by atoms with Gasteiger partial charge in [0.15, 0.2) is 5.58 Å². The molecule has 9 aromatic carbocycles. The van der Waals surface area contributed by atoms with Crippen molar-refractivity contribution in [1.29, 1.82) is 0 Å². The zero-order chi connectivity index (χ0) is 38.6. The van der Waals surface area contributed by atoms with E-state index < -0.39 is 5.41 Å². The van der Waals surface area contributed by atoms with E-state index in [1.807, 2.05) is 0 Å². The van der Waals surface area contributed by atoms with E-state index in [2.05, 4.69) is 219 Å². The van der Waals surface area contributed by atoms with E-state index in [0.29, 0.717) is 0 Å². The molecule has 2 aliphatic rings. The Morgan fingerprint density at radius 1 is 0.431 bits per heavy atom. The fraction of sp³-hybridized carbons (Fsp3) is 0.0714. The predicted octanol–water partition coefficient (Wildman–Crippen LogP) is 14.9. The maximum Gasteiger partial charge on any atom is 0.159 e. The van der Waals surface area contributed by atoms with E-state index in [0.717, 1.165) is 39.0 Å². The van der Waals surface area contributed by atoms with Crippen molar-refractivity contribution >= 4 is 49.8 Å². The van der Waals surface area contributed by atoms with Crippen molar-refractivity contribution in [1.82, 2.24) is 0 Å². The first kappa shape index (κ1) is 33.0. The van der Waals surface area contributed by atoms with Gasteiger partial charge in [0, 0.05) is 27.4 Å². The quantitative estimate of drug-likeness (QED) is 0.175. The van der Waals surface area contributed by atoms with Gasteiger partial charge in [-0.2, -0.15) is 0 Å². The van der Waals surface area contributed by atoms with E-state index in [-0.39, 0.29) is 5.41 Å². The molecule has 0 fully saturated rings. The molecular formula is C56H39NO. The van der Waals surface area contributed by atoms with Crippen LogP contribution in [0.15, 0.2) is 205 Å². The molecule has 274 valence electrons. The minimum absolute atomic E-state index is 0.201. The Morgan fingerprint density at radius 3 is 1.74 bits per heavy atom. The molecule has 0 radical (unpaired) electrons. The lowest BCUT2D eigenvalue weighted by Crippen LogP contribution is -2.28. The van der Waals surface area contributed by atoms with Crippen LogP contribution in [0.5, 0.6) is 0 Å². The highest BCUT2D eigenvalue weighted by Crippen LogP contribution is 2.59. The fourth-order valence-corrected chi connectivity index (χ4v) is 10.7. The van der Waals surface area contributed by atoms with Gasteiger partial charge in [-0.05, 0) is 91.2 Å². The van der Waals surface area contributed by atoms with Crippen molar-refractivity contribution < 1.29 is 4.42 Å². The summed E-state index contributed by atoms with van der Waals surface area (Å²) in [6.45, 7) is 4.76. The van der Waals surface area contributed by atoms with Gasteiger partial charge < -0.3 is 9.32 Å². The van der Waals surface area contributed by atoms with Crippen LogP contribution in [0.2, 0.25) is 0 Å². The number of hydrogen-bond acceptors (Lipinski definition) is 2. The summed E-state index contributed by atoms with van der Waals surface area (Å²) in [6.07, 6.45) is 0. The molecule has 1 aromatic heterocycles. The minimum Gasteiger partial charge on any atom is -0.454 e. The maximum absolute atomic E-state index is 6.84. The van der Waals surface area contributed by atoms with Crippen LogP contribution in [0.4, 0.5) is 17.1 Å². The Hall–Kier alpha value is -7.16. The first-order valence-electron chi connectivity index (χ1n) is 20.3. The van der Waals surface area contributed by atoms with Crippen molar-refractivity contribution in [2.24, 2.45) is 0 Å². The fourth-order valence-electron chi connectivity index (χ4n) is 10.7.